The Balaban J connectivity index is 1.33. The van der Waals surface area contributed by atoms with Crippen molar-refractivity contribution in [1.29, 1.82) is 0 Å². The summed E-state index contributed by atoms with van der Waals surface area (Å²) in [6, 6.07) is 28.8. The molecule has 186 valence electrons. The molecule has 4 aromatic rings. The summed E-state index contributed by atoms with van der Waals surface area (Å²) in [6.45, 7) is 1.77. The molecule has 0 saturated heterocycles. The van der Waals surface area contributed by atoms with E-state index in [1.165, 1.54) is 11.1 Å². The molecule has 0 aliphatic rings. The molecule has 0 bridgehead atoms. The van der Waals surface area contributed by atoms with Gasteiger partial charge < -0.3 is 19.8 Å². The SMILES string of the molecule is NC(=O)c1cn(CC(CCCc2ccccc2OCCc2ccccc2)OCc2ccccc2)cn1. The first kappa shape index (κ1) is 25.2. The number of ether oxygens (including phenoxy) is 2. The van der Waals surface area contributed by atoms with Gasteiger partial charge in [0.15, 0.2) is 0 Å². The average Bonchev–Trinajstić information content (AvgIpc) is 3.38. The van der Waals surface area contributed by atoms with Gasteiger partial charge in [-0.2, -0.15) is 0 Å². The van der Waals surface area contributed by atoms with E-state index in [4.69, 9.17) is 15.2 Å². The van der Waals surface area contributed by atoms with Crippen LogP contribution in [0.2, 0.25) is 0 Å². The first-order valence-corrected chi connectivity index (χ1v) is 12.4. The second-order valence-corrected chi connectivity index (χ2v) is 8.82. The van der Waals surface area contributed by atoms with Gasteiger partial charge in [-0.25, -0.2) is 4.98 Å². The van der Waals surface area contributed by atoms with Crippen LogP contribution in [0, 0.1) is 0 Å². The number of nitrogens with two attached hydrogens (primary N) is 1. The minimum absolute atomic E-state index is 0.0358. The number of imidazole rings is 1. The summed E-state index contributed by atoms with van der Waals surface area (Å²) in [5.74, 6) is 0.412. The third-order valence-corrected chi connectivity index (χ3v) is 6.06. The van der Waals surface area contributed by atoms with E-state index in [1.54, 1.807) is 12.5 Å². The van der Waals surface area contributed by atoms with Crippen molar-refractivity contribution in [1.82, 2.24) is 9.55 Å². The van der Waals surface area contributed by atoms with E-state index in [1.807, 2.05) is 41.0 Å². The normalized spacial score (nSPS) is 11.8. The summed E-state index contributed by atoms with van der Waals surface area (Å²) >= 11 is 0. The third-order valence-electron chi connectivity index (χ3n) is 6.06. The number of primary amides is 1. The maximum Gasteiger partial charge on any atom is 0.268 e. The van der Waals surface area contributed by atoms with Gasteiger partial charge in [-0.05, 0) is 42.0 Å². The zero-order valence-corrected chi connectivity index (χ0v) is 20.5. The highest BCUT2D eigenvalue weighted by molar-refractivity contribution is 5.90. The summed E-state index contributed by atoms with van der Waals surface area (Å²) in [7, 11) is 0. The zero-order valence-electron chi connectivity index (χ0n) is 20.5. The van der Waals surface area contributed by atoms with Crippen LogP contribution in [0.5, 0.6) is 5.75 Å². The van der Waals surface area contributed by atoms with E-state index < -0.39 is 5.91 Å². The fourth-order valence-electron chi connectivity index (χ4n) is 4.13. The topological polar surface area (TPSA) is 79.4 Å². The first-order valence-electron chi connectivity index (χ1n) is 12.4. The highest BCUT2D eigenvalue weighted by atomic mass is 16.5. The Hall–Kier alpha value is -3.90. The Bertz CT molecular complexity index is 1210. The lowest BCUT2D eigenvalue weighted by Crippen LogP contribution is -2.20. The molecule has 0 aliphatic heterocycles. The van der Waals surface area contributed by atoms with E-state index in [-0.39, 0.29) is 11.8 Å². The Morgan fingerprint density at radius 3 is 2.31 bits per heavy atom. The van der Waals surface area contributed by atoms with E-state index >= 15 is 0 Å². The Labute approximate surface area is 212 Å². The summed E-state index contributed by atoms with van der Waals surface area (Å²) in [4.78, 5) is 15.5. The van der Waals surface area contributed by atoms with Gasteiger partial charge in [-0.1, -0.05) is 78.9 Å². The van der Waals surface area contributed by atoms with Gasteiger partial charge >= 0.3 is 0 Å². The first-order chi connectivity index (χ1) is 17.7. The van der Waals surface area contributed by atoms with Crippen molar-refractivity contribution in [3.63, 3.8) is 0 Å². The predicted molar refractivity (Wildman–Crippen MR) is 141 cm³/mol. The molecule has 1 unspecified atom stereocenters. The zero-order chi connectivity index (χ0) is 25.0. The second-order valence-electron chi connectivity index (χ2n) is 8.82. The summed E-state index contributed by atoms with van der Waals surface area (Å²) < 4.78 is 14.3. The molecule has 0 aliphatic carbocycles. The molecule has 0 fully saturated rings. The standard InChI is InChI=1S/C30H33N3O3/c31-30(34)28-21-33(23-32-28)20-27(36-22-25-12-5-2-6-13-25)16-9-15-26-14-7-8-17-29(26)35-19-18-24-10-3-1-4-11-24/h1-8,10-14,17,21,23,27H,9,15-16,18-20,22H2,(H2,31,34). The lowest BCUT2D eigenvalue weighted by molar-refractivity contribution is 0.0225. The maximum absolute atomic E-state index is 11.4. The molecule has 0 radical (unpaired) electrons. The quantitative estimate of drug-likeness (QED) is 0.267. The Morgan fingerprint density at radius 1 is 0.889 bits per heavy atom. The van der Waals surface area contributed by atoms with Crippen LogP contribution in [0.25, 0.3) is 0 Å². The van der Waals surface area contributed by atoms with Crippen LogP contribution in [-0.2, 0) is 30.7 Å². The highest BCUT2D eigenvalue weighted by Crippen LogP contribution is 2.22. The molecule has 6 heteroatoms. The van der Waals surface area contributed by atoms with Gasteiger partial charge in [0.25, 0.3) is 5.91 Å². The van der Waals surface area contributed by atoms with Crippen molar-refractivity contribution < 1.29 is 14.3 Å². The van der Waals surface area contributed by atoms with E-state index in [2.05, 4.69) is 53.5 Å². The van der Waals surface area contributed by atoms with Crippen LogP contribution >= 0.6 is 0 Å². The number of carbonyl (C=O) groups excluding carboxylic acids is 1. The second kappa shape index (κ2) is 13.3. The number of benzene rings is 3. The molecule has 3 aromatic carbocycles. The summed E-state index contributed by atoms with van der Waals surface area (Å²) in [6.07, 6.45) is 6.84. The molecule has 0 saturated carbocycles. The van der Waals surface area contributed by atoms with E-state index in [0.29, 0.717) is 19.8 Å². The van der Waals surface area contributed by atoms with Gasteiger partial charge in [0.05, 0.1) is 25.6 Å². The molecule has 1 amide bonds. The largest absolute Gasteiger partial charge is 0.493 e. The van der Waals surface area contributed by atoms with Gasteiger partial charge in [-0.3, -0.25) is 4.79 Å². The third kappa shape index (κ3) is 7.82. The van der Waals surface area contributed by atoms with Crippen LogP contribution in [-0.4, -0.2) is 28.2 Å². The predicted octanol–water partition coefficient (Wildman–Crippen LogP) is 5.21. The summed E-state index contributed by atoms with van der Waals surface area (Å²) in [5.41, 5.74) is 9.22. The molecule has 1 aromatic heterocycles. The number of aromatic nitrogens is 2. The molecular weight excluding hydrogens is 450 g/mol. The van der Waals surface area contributed by atoms with Gasteiger partial charge in [-0.15, -0.1) is 0 Å². The van der Waals surface area contributed by atoms with Crippen molar-refractivity contribution in [3.05, 3.63) is 120 Å². The van der Waals surface area contributed by atoms with Crippen LogP contribution in [0.4, 0.5) is 0 Å². The molecule has 1 atom stereocenters. The van der Waals surface area contributed by atoms with E-state index in [0.717, 1.165) is 37.0 Å². The van der Waals surface area contributed by atoms with Gasteiger partial charge in [0.1, 0.15) is 11.4 Å². The monoisotopic (exact) mass is 483 g/mol. The fraction of sp³-hybridized carbons (Fsp3) is 0.267. The highest BCUT2D eigenvalue weighted by Gasteiger charge is 2.14. The van der Waals surface area contributed by atoms with E-state index in [9.17, 15) is 4.79 Å². The number of aryl methyl sites for hydroxylation is 1. The summed E-state index contributed by atoms with van der Waals surface area (Å²) in [5, 5.41) is 0. The number of rotatable bonds is 14. The lowest BCUT2D eigenvalue weighted by Gasteiger charge is -2.19. The molecule has 4 rings (SSSR count). The average molecular weight is 484 g/mol. The van der Waals surface area contributed by atoms with Crippen molar-refractivity contribution in [2.45, 2.75) is 44.9 Å². The molecule has 1 heterocycles. The number of amides is 1. The van der Waals surface area contributed by atoms with Crippen molar-refractivity contribution in [3.8, 4) is 5.75 Å². The molecule has 2 N–H and O–H groups in total. The molecule has 6 nitrogen and oxygen atoms in total. The maximum atomic E-state index is 11.4. The Morgan fingerprint density at radius 2 is 1.58 bits per heavy atom. The van der Waals surface area contributed by atoms with Gasteiger partial charge in [0, 0.05) is 19.2 Å². The fourth-order valence-corrected chi connectivity index (χ4v) is 4.13. The number of hydrogen-bond acceptors (Lipinski definition) is 4. The minimum atomic E-state index is -0.528. The number of nitrogens with zero attached hydrogens (tertiary/aromatic N) is 2. The van der Waals surface area contributed by atoms with Crippen molar-refractivity contribution in [2.24, 2.45) is 5.73 Å². The lowest BCUT2D eigenvalue weighted by atomic mass is 10.0. The Kier molecular flexibility index (Phi) is 9.28. The van der Waals surface area contributed by atoms with Crippen molar-refractivity contribution >= 4 is 5.91 Å². The smallest absolute Gasteiger partial charge is 0.268 e. The minimum Gasteiger partial charge on any atom is -0.493 e. The number of hydrogen-bond donors (Lipinski definition) is 1. The van der Waals surface area contributed by atoms with Crippen LogP contribution in [0.3, 0.4) is 0 Å². The van der Waals surface area contributed by atoms with Crippen molar-refractivity contribution in [2.75, 3.05) is 6.61 Å². The molecule has 36 heavy (non-hydrogen) atoms. The van der Waals surface area contributed by atoms with Crippen LogP contribution in [0.1, 0.15) is 40.0 Å². The van der Waals surface area contributed by atoms with Crippen LogP contribution in [0.15, 0.2) is 97.5 Å². The molecular formula is C30H33N3O3. The number of para-hydroxylation sites is 1. The van der Waals surface area contributed by atoms with Crippen LogP contribution < -0.4 is 10.5 Å². The number of carbonyl (C=O) groups is 1. The molecule has 0 spiro atoms. The van der Waals surface area contributed by atoms with Gasteiger partial charge in [0.2, 0.25) is 0 Å².